The van der Waals surface area contributed by atoms with E-state index in [1.165, 1.54) is 21.9 Å². The van der Waals surface area contributed by atoms with Gasteiger partial charge in [-0.25, -0.2) is 0 Å². The summed E-state index contributed by atoms with van der Waals surface area (Å²) in [6.07, 6.45) is 6.13. The Kier molecular flexibility index (Phi) is 8.37. The van der Waals surface area contributed by atoms with Crippen molar-refractivity contribution < 1.29 is 4.79 Å². The molecule has 0 spiro atoms. The lowest BCUT2D eigenvalue weighted by Crippen LogP contribution is -2.47. The first-order chi connectivity index (χ1) is 16.9. The summed E-state index contributed by atoms with van der Waals surface area (Å²) in [6, 6.07) is 26.0. The summed E-state index contributed by atoms with van der Waals surface area (Å²) in [6.45, 7) is 9.93. The zero-order valence-electron chi connectivity index (χ0n) is 21.3. The lowest BCUT2D eigenvalue weighted by atomic mass is 9.90. The normalized spacial score (nSPS) is 16.5. The molecule has 2 N–H and O–H groups in total. The van der Waals surface area contributed by atoms with E-state index in [0.29, 0.717) is 0 Å². The molecule has 4 rings (SSSR count). The second kappa shape index (κ2) is 11.7. The molecule has 4 heteroatoms. The molecule has 1 amide bonds. The topological polar surface area (TPSA) is 44.4 Å². The Morgan fingerprint density at radius 3 is 2.46 bits per heavy atom. The predicted octanol–water partition coefficient (Wildman–Crippen LogP) is 5.85. The third kappa shape index (κ3) is 6.81. The van der Waals surface area contributed by atoms with Gasteiger partial charge in [-0.15, -0.1) is 0 Å². The van der Waals surface area contributed by atoms with Gasteiger partial charge in [0.2, 0.25) is 5.91 Å². The number of fused-ring (bicyclic) bond motifs is 1. The number of carbonyl (C=O) groups is 1. The van der Waals surface area contributed by atoms with E-state index in [-0.39, 0.29) is 18.0 Å². The molecule has 0 aliphatic carbocycles. The van der Waals surface area contributed by atoms with Gasteiger partial charge in [-0.2, -0.15) is 0 Å². The van der Waals surface area contributed by atoms with Gasteiger partial charge in [-0.05, 0) is 55.5 Å². The molecule has 1 atom stereocenters. The van der Waals surface area contributed by atoms with E-state index >= 15 is 0 Å². The summed E-state index contributed by atoms with van der Waals surface area (Å²) in [5.41, 5.74) is 2.11. The van der Waals surface area contributed by atoms with Gasteiger partial charge < -0.3 is 10.6 Å². The summed E-state index contributed by atoms with van der Waals surface area (Å²) in [5.74, 6) is 0.109. The highest BCUT2D eigenvalue weighted by atomic mass is 16.2. The number of rotatable bonds is 9. The van der Waals surface area contributed by atoms with Gasteiger partial charge >= 0.3 is 0 Å². The number of piperidine rings is 1. The molecule has 3 aromatic rings. The minimum Gasteiger partial charge on any atom is -0.353 e. The van der Waals surface area contributed by atoms with Crippen LogP contribution < -0.4 is 10.6 Å². The van der Waals surface area contributed by atoms with Crippen LogP contribution in [0.15, 0.2) is 84.9 Å². The number of amides is 1. The van der Waals surface area contributed by atoms with Crippen LogP contribution in [0, 0.1) is 5.41 Å². The monoisotopic (exact) mass is 469 g/mol. The van der Waals surface area contributed by atoms with Gasteiger partial charge in [-0.1, -0.05) is 84.9 Å². The van der Waals surface area contributed by atoms with Crippen LogP contribution in [-0.2, 0) is 11.3 Å². The van der Waals surface area contributed by atoms with Crippen molar-refractivity contribution in [3.8, 4) is 0 Å². The third-order valence-corrected chi connectivity index (χ3v) is 7.12. The van der Waals surface area contributed by atoms with Crippen molar-refractivity contribution in [3.05, 3.63) is 96.1 Å². The first kappa shape index (κ1) is 25.2. The molecule has 1 fully saturated rings. The SMILES string of the molecule is C[C@@H](NC/C=C/C(C)(C)C(=O)NC1CCN(Cc2ccccc2)CC1)c1cccc2ccccc12. The maximum atomic E-state index is 13.0. The van der Waals surface area contributed by atoms with Crippen LogP contribution >= 0.6 is 0 Å². The average Bonchev–Trinajstić information content (AvgIpc) is 2.88. The largest absolute Gasteiger partial charge is 0.353 e. The van der Waals surface area contributed by atoms with Crippen LogP contribution in [-0.4, -0.2) is 36.5 Å². The Balaban J connectivity index is 1.22. The Bertz CT molecular complexity index is 1120. The van der Waals surface area contributed by atoms with E-state index in [9.17, 15) is 4.79 Å². The summed E-state index contributed by atoms with van der Waals surface area (Å²) >= 11 is 0. The Hall–Kier alpha value is -2.95. The molecule has 1 aliphatic heterocycles. The average molecular weight is 470 g/mol. The van der Waals surface area contributed by atoms with Crippen molar-refractivity contribution in [2.24, 2.45) is 5.41 Å². The Morgan fingerprint density at radius 2 is 1.69 bits per heavy atom. The molecule has 0 bridgehead atoms. The van der Waals surface area contributed by atoms with Crippen molar-refractivity contribution in [2.45, 2.75) is 52.2 Å². The second-order valence-corrected chi connectivity index (χ2v) is 10.3. The number of hydrogen-bond donors (Lipinski definition) is 2. The van der Waals surface area contributed by atoms with E-state index in [1.807, 2.05) is 19.9 Å². The maximum Gasteiger partial charge on any atom is 0.229 e. The molecule has 0 unspecified atom stereocenters. The summed E-state index contributed by atoms with van der Waals surface area (Å²) in [7, 11) is 0. The number of likely N-dealkylation sites (tertiary alicyclic amines) is 1. The lowest BCUT2D eigenvalue weighted by molar-refractivity contribution is -0.128. The quantitative estimate of drug-likeness (QED) is 0.386. The molecule has 3 aromatic carbocycles. The van der Waals surface area contributed by atoms with Crippen LogP contribution in [0.1, 0.15) is 50.8 Å². The van der Waals surface area contributed by atoms with E-state index in [0.717, 1.165) is 39.0 Å². The number of nitrogens with zero attached hydrogens (tertiary/aromatic N) is 1. The van der Waals surface area contributed by atoms with E-state index < -0.39 is 5.41 Å². The highest BCUT2D eigenvalue weighted by molar-refractivity contribution is 5.86. The lowest BCUT2D eigenvalue weighted by Gasteiger charge is -2.34. The van der Waals surface area contributed by atoms with Crippen LogP contribution in [0.25, 0.3) is 10.8 Å². The molecule has 4 nitrogen and oxygen atoms in total. The number of benzene rings is 3. The second-order valence-electron chi connectivity index (χ2n) is 10.3. The Morgan fingerprint density at radius 1 is 1.00 bits per heavy atom. The van der Waals surface area contributed by atoms with Crippen molar-refractivity contribution in [2.75, 3.05) is 19.6 Å². The molecule has 35 heavy (non-hydrogen) atoms. The predicted molar refractivity (Wildman–Crippen MR) is 146 cm³/mol. The van der Waals surface area contributed by atoms with Crippen molar-refractivity contribution in [1.82, 2.24) is 15.5 Å². The van der Waals surface area contributed by atoms with Gasteiger partial charge in [-0.3, -0.25) is 9.69 Å². The number of carbonyl (C=O) groups excluding carboxylic acids is 1. The fraction of sp³-hybridized carbons (Fsp3) is 0.387. The molecule has 1 saturated heterocycles. The standard InChI is InChI=1S/C31H39N3O/c1-24(28-16-9-14-26-13-7-8-15-29(26)28)32-20-10-19-31(2,3)30(35)33-27-17-21-34(22-18-27)23-25-11-5-4-6-12-25/h4-16,19,24,27,32H,17-18,20-23H2,1-3H3,(H,33,35)/b19-10+/t24-/m1/s1. The van der Waals surface area contributed by atoms with Gasteiger partial charge in [0.15, 0.2) is 0 Å². The smallest absolute Gasteiger partial charge is 0.229 e. The van der Waals surface area contributed by atoms with E-state index in [4.69, 9.17) is 0 Å². The first-order valence-corrected chi connectivity index (χ1v) is 12.9. The summed E-state index contributed by atoms with van der Waals surface area (Å²) < 4.78 is 0. The van der Waals surface area contributed by atoms with Gasteiger partial charge in [0, 0.05) is 38.3 Å². The van der Waals surface area contributed by atoms with E-state index in [2.05, 4.69) is 101 Å². The number of hydrogen-bond acceptors (Lipinski definition) is 3. The van der Waals surface area contributed by atoms with Gasteiger partial charge in [0.1, 0.15) is 0 Å². The zero-order chi connectivity index (χ0) is 24.7. The van der Waals surface area contributed by atoms with Crippen LogP contribution in [0.5, 0.6) is 0 Å². The van der Waals surface area contributed by atoms with E-state index in [1.54, 1.807) is 0 Å². The maximum absolute atomic E-state index is 13.0. The highest BCUT2D eigenvalue weighted by Gasteiger charge is 2.28. The van der Waals surface area contributed by atoms with Crippen molar-refractivity contribution in [1.29, 1.82) is 0 Å². The van der Waals surface area contributed by atoms with Crippen molar-refractivity contribution >= 4 is 16.7 Å². The molecule has 184 valence electrons. The fourth-order valence-corrected chi connectivity index (χ4v) is 4.86. The zero-order valence-corrected chi connectivity index (χ0v) is 21.3. The molecule has 0 radical (unpaired) electrons. The highest BCUT2D eigenvalue weighted by Crippen LogP contribution is 2.24. The molecular weight excluding hydrogens is 430 g/mol. The Labute approximate surface area is 210 Å². The molecule has 0 aromatic heterocycles. The van der Waals surface area contributed by atoms with Gasteiger partial charge in [0.05, 0.1) is 5.41 Å². The third-order valence-electron chi connectivity index (χ3n) is 7.12. The van der Waals surface area contributed by atoms with Crippen molar-refractivity contribution in [3.63, 3.8) is 0 Å². The minimum absolute atomic E-state index is 0.109. The fourth-order valence-electron chi connectivity index (χ4n) is 4.86. The molecule has 0 saturated carbocycles. The summed E-state index contributed by atoms with van der Waals surface area (Å²) in [5, 5.41) is 9.43. The molecule has 1 heterocycles. The van der Waals surface area contributed by atoms with Crippen LogP contribution in [0.4, 0.5) is 0 Å². The summed E-state index contributed by atoms with van der Waals surface area (Å²) in [4.78, 5) is 15.5. The van der Waals surface area contributed by atoms with Crippen LogP contribution in [0.3, 0.4) is 0 Å². The molecule has 1 aliphatic rings. The number of nitrogens with one attached hydrogen (secondary N) is 2. The first-order valence-electron chi connectivity index (χ1n) is 12.9. The molecular formula is C31H39N3O. The minimum atomic E-state index is -0.536. The van der Waals surface area contributed by atoms with Gasteiger partial charge in [0.25, 0.3) is 0 Å². The van der Waals surface area contributed by atoms with Crippen LogP contribution in [0.2, 0.25) is 0 Å².